The topological polar surface area (TPSA) is 91.9 Å². The third-order valence-electron chi connectivity index (χ3n) is 4.32. The molecule has 0 bridgehead atoms. The van der Waals surface area contributed by atoms with Crippen molar-refractivity contribution in [2.24, 2.45) is 0 Å². The molecule has 0 saturated carbocycles. The minimum Gasteiger partial charge on any atom is -0.467 e. The second-order valence-electron chi connectivity index (χ2n) is 5.85. The molecule has 25 heavy (non-hydrogen) atoms. The summed E-state index contributed by atoms with van der Waals surface area (Å²) >= 11 is 0. The van der Waals surface area contributed by atoms with E-state index in [2.05, 4.69) is 15.3 Å². The van der Waals surface area contributed by atoms with Gasteiger partial charge in [-0.2, -0.15) is 4.68 Å². The van der Waals surface area contributed by atoms with E-state index in [0.717, 1.165) is 16.8 Å². The van der Waals surface area contributed by atoms with Crippen LogP contribution in [0.15, 0.2) is 29.3 Å². The van der Waals surface area contributed by atoms with Gasteiger partial charge in [0.05, 0.1) is 12.8 Å². The molecule has 8 heteroatoms. The predicted molar refractivity (Wildman–Crippen MR) is 91.7 cm³/mol. The number of aryl methyl sites for hydroxylation is 2. The van der Waals surface area contributed by atoms with Gasteiger partial charge in [-0.3, -0.25) is 9.36 Å². The first kappa shape index (κ1) is 16.8. The first-order chi connectivity index (χ1) is 12.0. The molecule has 0 N–H and O–H groups in total. The van der Waals surface area contributed by atoms with Crippen LogP contribution in [0.5, 0.6) is 0 Å². The molecule has 3 aromatic rings. The van der Waals surface area contributed by atoms with Crippen LogP contribution in [0.4, 0.5) is 0 Å². The average molecular weight is 341 g/mol. The summed E-state index contributed by atoms with van der Waals surface area (Å²) in [5.41, 5.74) is 3.08. The van der Waals surface area contributed by atoms with E-state index in [9.17, 15) is 9.59 Å². The number of rotatable bonds is 4. The molecule has 1 atom stereocenters. The van der Waals surface area contributed by atoms with Crippen molar-refractivity contribution in [3.63, 3.8) is 0 Å². The summed E-state index contributed by atoms with van der Waals surface area (Å²) < 4.78 is 7.52. The molecule has 0 spiro atoms. The zero-order valence-electron chi connectivity index (χ0n) is 14.6. The van der Waals surface area contributed by atoms with Crippen molar-refractivity contribution in [3.8, 4) is 5.69 Å². The zero-order valence-corrected chi connectivity index (χ0v) is 14.6. The molecule has 2 aromatic heterocycles. The van der Waals surface area contributed by atoms with Crippen molar-refractivity contribution in [1.29, 1.82) is 0 Å². The molecule has 0 amide bonds. The monoisotopic (exact) mass is 341 g/mol. The van der Waals surface area contributed by atoms with Crippen LogP contribution in [-0.4, -0.2) is 37.6 Å². The SMILES string of the molecule is CCC(C(=O)OC)n1cnc2c(nnn2-c2ccc(C)c(C)c2)c1=O. The smallest absolute Gasteiger partial charge is 0.329 e. The van der Waals surface area contributed by atoms with Crippen molar-refractivity contribution in [3.05, 3.63) is 46.0 Å². The van der Waals surface area contributed by atoms with Crippen LogP contribution in [0, 0.1) is 13.8 Å². The predicted octanol–water partition coefficient (Wildman–Crippen LogP) is 1.72. The second-order valence-corrected chi connectivity index (χ2v) is 5.85. The Balaban J connectivity index is 2.15. The Morgan fingerprint density at radius 1 is 1.28 bits per heavy atom. The van der Waals surface area contributed by atoms with E-state index in [4.69, 9.17) is 4.74 Å². The van der Waals surface area contributed by atoms with Gasteiger partial charge < -0.3 is 4.74 Å². The van der Waals surface area contributed by atoms with Gasteiger partial charge in [-0.1, -0.05) is 18.2 Å². The van der Waals surface area contributed by atoms with E-state index in [1.54, 1.807) is 6.92 Å². The lowest BCUT2D eigenvalue weighted by Crippen LogP contribution is -2.30. The quantitative estimate of drug-likeness (QED) is 0.671. The van der Waals surface area contributed by atoms with Gasteiger partial charge in [0, 0.05) is 0 Å². The van der Waals surface area contributed by atoms with E-state index < -0.39 is 17.6 Å². The minimum absolute atomic E-state index is 0.114. The van der Waals surface area contributed by atoms with Crippen LogP contribution in [0.2, 0.25) is 0 Å². The first-order valence-electron chi connectivity index (χ1n) is 7.96. The number of fused-ring (bicyclic) bond motifs is 1. The number of hydrogen-bond donors (Lipinski definition) is 0. The lowest BCUT2D eigenvalue weighted by molar-refractivity contribution is -0.144. The van der Waals surface area contributed by atoms with Gasteiger partial charge in [0.25, 0.3) is 5.56 Å². The Kier molecular flexibility index (Phi) is 4.35. The van der Waals surface area contributed by atoms with E-state index in [-0.39, 0.29) is 5.52 Å². The Morgan fingerprint density at radius 2 is 2.04 bits per heavy atom. The highest BCUT2D eigenvalue weighted by molar-refractivity contribution is 5.75. The average Bonchev–Trinajstić information content (AvgIpc) is 3.04. The highest BCUT2D eigenvalue weighted by Crippen LogP contribution is 2.17. The molecule has 0 aliphatic rings. The molecule has 0 aliphatic carbocycles. The van der Waals surface area contributed by atoms with Gasteiger partial charge in [-0.25, -0.2) is 9.78 Å². The van der Waals surface area contributed by atoms with E-state index in [1.165, 1.54) is 22.7 Å². The Labute approximate surface area is 144 Å². The zero-order chi connectivity index (χ0) is 18.1. The van der Waals surface area contributed by atoms with Gasteiger partial charge in [0.1, 0.15) is 12.4 Å². The molecule has 130 valence electrons. The molecule has 0 fully saturated rings. The van der Waals surface area contributed by atoms with Gasteiger partial charge in [0.2, 0.25) is 0 Å². The highest BCUT2D eigenvalue weighted by atomic mass is 16.5. The standard InChI is InChI=1S/C17H19N5O3/c1-5-13(17(24)25-4)21-9-18-15-14(16(21)23)19-20-22(15)12-7-6-10(2)11(3)8-12/h6-9,13H,5H2,1-4H3. The maximum Gasteiger partial charge on any atom is 0.329 e. The fourth-order valence-corrected chi connectivity index (χ4v) is 2.69. The summed E-state index contributed by atoms with van der Waals surface area (Å²) in [6.07, 6.45) is 1.75. The number of nitrogens with zero attached hydrogens (tertiary/aromatic N) is 5. The van der Waals surface area contributed by atoms with Crippen molar-refractivity contribution in [2.75, 3.05) is 7.11 Å². The Bertz CT molecular complexity index is 1010. The first-order valence-corrected chi connectivity index (χ1v) is 7.96. The normalized spacial score (nSPS) is 12.3. The molecule has 1 aromatic carbocycles. The molecule has 8 nitrogen and oxygen atoms in total. The number of ether oxygens (including phenoxy) is 1. The molecular weight excluding hydrogens is 322 g/mol. The number of carbonyl (C=O) groups is 1. The van der Waals surface area contributed by atoms with E-state index in [1.807, 2.05) is 32.0 Å². The number of methoxy groups -OCH3 is 1. The van der Waals surface area contributed by atoms with Crippen molar-refractivity contribution < 1.29 is 9.53 Å². The van der Waals surface area contributed by atoms with Crippen LogP contribution >= 0.6 is 0 Å². The minimum atomic E-state index is -0.735. The second kappa shape index (κ2) is 6.46. The summed E-state index contributed by atoms with van der Waals surface area (Å²) in [5, 5.41) is 8.04. The molecular formula is C17H19N5O3. The molecule has 0 aliphatic heterocycles. The van der Waals surface area contributed by atoms with Crippen LogP contribution in [-0.2, 0) is 9.53 Å². The van der Waals surface area contributed by atoms with Crippen molar-refractivity contribution in [1.82, 2.24) is 24.5 Å². The Morgan fingerprint density at radius 3 is 2.68 bits per heavy atom. The van der Waals surface area contributed by atoms with Crippen molar-refractivity contribution in [2.45, 2.75) is 33.2 Å². The molecule has 0 radical (unpaired) electrons. The van der Waals surface area contributed by atoms with Crippen LogP contribution in [0.1, 0.15) is 30.5 Å². The summed E-state index contributed by atoms with van der Waals surface area (Å²) in [6, 6.07) is 5.10. The number of aromatic nitrogens is 5. The number of carbonyl (C=O) groups excluding carboxylic acids is 1. The molecule has 2 heterocycles. The largest absolute Gasteiger partial charge is 0.467 e. The van der Waals surface area contributed by atoms with Crippen molar-refractivity contribution >= 4 is 17.1 Å². The lowest BCUT2D eigenvalue weighted by atomic mass is 10.1. The number of hydrogen-bond acceptors (Lipinski definition) is 6. The highest BCUT2D eigenvalue weighted by Gasteiger charge is 2.23. The fraction of sp³-hybridized carbons (Fsp3) is 0.353. The summed E-state index contributed by atoms with van der Waals surface area (Å²) in [7, 11) is 1.29. The van der Waals surface area contributed by atoms with Gasteiger partial charge in [0.15, 0.2) is 11.2 Å². The maximum atomic E-state index is 12.7. The molecule has 3 rings (SSSR count). The van der Waals surface area contributed by atoms with Gasteiger partial charge >= 0.3 is 5.97 Å². The lowest BCUT2D eigenvalue weighted by Gasteiger charge is -2.14. The molecule has 1 unspecified atom stereocenters. The summed E-state index contributed by atoms with van der Waals surface area (Å²) in [5.74, 6) is -0.493. The third-order valence-corrected chi connectivity index (χ3v) is 4.32. The van der Waals surface area contributed by atoms with Gasteiger partial charge in [-0.15, -0.1) is 5.10 Å². The number of benzene rings is 1. The maximum absolute atomic E-state index is 12.7. The van der Waals surface area contributed by atoms with Crippen LogP contribution < -0.4 is 5.56 Å². The summed E-state index contributed by atoms with van der Waals surface area (Å²) in [6.45, 7) is 5.82. The van der Waals surface area contributed by atoms with Gasteiger partial charge in [-0.05, 0) is 43.5 Å². The van der Waals surface area contributed by atoms with E-state index in [0.29, 0.717) is 12.1 Å². The third kappa shape index (κ3) is 2.79. The van der Waals surface area contributed by atoms with E-state index >= 15 is 0 Å². The number of esters is 1. The summed E-state index contributed by atoms with van der Waals surface area (Å²) in [4.78, 5) is 28.9. The molecule has 0 saturated heterocycles. The Hall–Kier alpha value is -3.03. The van der Waals surface area contributed by atoms with Crippen LogP contribution in [0.3, 0.4) is 0 Å². The van der Waals surface area contributed by atoms with Crippen LogP contribution in [0.25, 0.3) is 16.9 Å². The fourth-order valence-electron chi connectivity index (χ4n) is 2.69.